The summed E-state index contributed by atoms with van der Waals surface area (Å²) in [5, 5.41) is 4.59. The Morgan fingerprint density at radius 2 is 1.94 bits per heavy atom. The molecule has 0 saturated carbocycles. The van der Waals surface area contributed by atoms with Gasteiger partial charge in [-0.2, -0.15) is 0 Å². The van der Waals surface area contributed by atoms with Gasteiger partial charge in [0.25, 0.3) is 0 Å². The molecule has 0 aliphatic rings. The smallest absolute Gasteiger partial charge is 0.134 e. The van der Waals surface area contributed by atoms with Crippen molar-refractivity contribution in [3.05, 3.63) is 63.9 Å². The van der Waals surface area contributed by atoms with Gasteiger partial charge in [0.2, 0.25) is 0 Å². The Balaban J connectivity index is 1.81. The molecule has 2 nitrogen and oxygen atoms in total. The van der Waals surface area contributed by atoms with E-state index in [4.69, 9.17) is 4.42 Å². The van der Waals surface area contributed by atoms with Crippen molar-refractivity contribution in [3.8, 4) is 0 Å². The van der Waals surface area contributed by atoms with Gasteiger partial charge < -0.3 is 9.73 Å². The largest absolute Gasteiger partial charge is 0.464 e. The summed E-state index contributed by atoms with van der Waals surface area (Å²) >= 11 is 2.31. The zero-order valence-corrected chi connectivity index (χ0v) is 11.8. The Labute approximate surface area is 119 Å². The van der Waals surface area contributed by atoms with Gasteiger partial charge >= 0.3 is 0 Å². The quantitative estimate of drug-likeness (QED) is 0.697. The summed E-state index contributed by atoms with van der Waals surface area (Å²) < 4.78 is 6.75. The van der Waals surface area contributed by atoms with E-state index >= 15 is 0 Å². The molecule has 0 fully saturated rings. The maximum absolute atomic E-state index is 5.52. The van der Waals surface area contributed by atoms with Gasteiger partial charge in [0, 0.05) is 26.8 Å². The molecule has 0 aliphatic heterocycles. The molecule has 0 amide bonds. The monoisotopic (exact) mass is 349 g/mol. The predicted molar refractivity (Wildman–Crippen MR) is 82.7 cm³/mol. The molecule has 18 heavy (non-hydrogen) atoms. The minimum atomic E-state index is 0.775. The maximum atomic E-state index is 5.52. The number of anilines is 1. The first-order valence-electron chi connectivity index (χ1n) is 5.77. The molecule has 3 heteroatoms. The average molecular weight is 349 g/mol. The number of fused-ring (bicyclic) bond motifs is 1. The number of furan rings is 1. The molecule has 0 spiro atoms. The molecule has 3 rings (SSSR count). The molecule has 3 aromatic rings. The number of halogens is 1. The molecule has 0 saturated heterocycles. The second-order valence-corrected chi connectivity index (χ2v) is 5.37. The minimum Gasteiger partial charge on any atom is -0.464 e. The predicted octanol–water partition coefficient (Wildman–Crippen LogP) is 4.65. The fraction of sp³-hybridized carbons (Fsp3) is 0.0667. The van der Waals surface area contributed by atoms with Gasteiger partial charge in [-0.25, -0.2) is 0 Å². The summed E-state index contributed by atoms with van der Waals surface area (Å²) in [5.74, 6) is 0. The van der Waals surface area contributed by atoms with Gasteiger partial charge in [-0.05, 0) is 46.9 Å². The highest BCUT2D eigenvalue weighted by atomic mass is 127. The van der Waals surface area contributed by atoms with Crippen molar-refractivity contribution in [2.75, 3.05) is 5.32 Å². The van der Waals surface area contributed by atoms with Crippen molar-refractivity contribution < 1.29 is 4.42 Å². The Bertz CT molecular complexity index is 675. The normalized spacial score (nSPS) is 10.7. The third-order valence-corrected chi connectivity index (χ3v) is 3.54. The van der Waals surface area contributed by atoms with E-state index in [1.54, 1.807) is 0 Å². The molecule has 1 heterocycles. The molecular weight excluding hydrogens is 337 g/mol. The fourth-order valence-corrected chi connectivity index (χ4v) is 2.51. The first-order valence-corrected chi connectivity index (χ1v) is 6.85. The van der Waals surface area contributed by atoms with E-state index in [-0.39, 0.29) is 0 Å². The molecule has 0 unspecified atom stereocenters. The highest BCUT2D eigenvalue weighted by Gasteiger charge is 2.04. The third kappa shape index (κ3) is 2.36. The number of hydrogen-bond acceptors (Lipinski definition) is 2. The van der Waals surface area contributed by atoms with E-state index < -0.39 is 0 Å². The second-order valence-electron chi connectivity index (χ2n) is 4.12. The third-order valence-electron chi connectivity index (χ3n) is 2.87. The van der Waals surface area contributed by atoms with Crippen molar-refractivity contribution in [1.82, 2.24) is 0 Å². The Morgan fingerprint density at radius 1 is 1.06 bits per heavy atom. The highest BCUT2D eigenvalue weighted by Crippen LogP contribution is 2.22. The molecule has 90 valence electrons. The van der Waals surface area contributed by atoms with Crippen molar-refractivity contribution in [3.63, 3.8) is 0 Å². The van der Waals surface area contributed by atoms with Gasteiger partial charge in [0.1, 0.15) is 5.58 Å². The van der Waals surface area contributed by atoms with Crippen molar-refractivity contribution in [2.24, 2.45) is 0 Å². The van der Waals surface area contributed by atoms with Gasteiger partial charge in [-0.15, -0.1) is 0 Å². The molecule has 1 N–H and O–H groups in total. The van der Waals surface area contributed by atoms with Crippen molar-refractivity contribution in [1.29, 1.82) is 0 Å². The first-order chi connectivity index (χ1) is 8.83. The lowest BCUT2D eigenvalue weighted by Crippen LogP contribution is -1.98. The topological polar surface area (TPSA) is 25.2 Å². The minimum absolute atomic E-state index is 0.775. The summed E-state index contributed by atoms with van der Waals surface area (Å²) in [6.45, 7) is 0.775. The van der Waals surface area contributed by atoms with Gasteiger partial charge in [0.05, 0.1) is 6.26 Å². The maximum Gasteiger partial charge on any atom is 0.134 e. The molecule has 0 aliphatic carbocycles. The number of benzene rings is 2. The second kappa shape index (κ2) is 5.02. The van der Waals surface area contributed by atoms with E-state index in [9.17, 15) is 0 Å². The number of rotatable bonds is 3. The van der Waals surface area contributed by atoms with Crippen LogP contribution in [0.1, 0.15) is 5.56 Å². The van der Waals surface area contributed by atoms with Crippen LogP contribution in [0.4, 0.5) is 5.69 Å². The van der Waals surface area contributed by atoms with Crippen LogP contribution < -0.4 is 5.32 Å². The summed E-state index contributed by atoms with van der Waals surface area (Å²) in [5.41, 5.74) is 3.26. The summed E-state index contributed by atoms with van der Waals surface area (Å²) in [7, 11) is 0. The van der Waals surface area contributed by atoms with Crippen LogP contribution in [0.2, 0.25) is 0 Å². The van der Waals surface area contributed by atoms with E-state index in [0.717, 1.165) is 17.8 Å². The SMILES string of the molecule is Ic1cccc(NCc2coc3ccccc23)c1. The molecule has 0 atom stereocenters. The Hall–Kier alpha value is -1.49. The first kappa shape index (κ1) is 11.6. The van der Waals surface area contributed by atoms with E-state index in [2.05, 4.69) is 58.2 Å². The Morgan fingerprint density at radius 3 is 2.83 bits per heavy atom. The number of nitrogens with one attached hydrogen (secondary N) is 1. The van der Waals surface area contributed by atoms with Crippen LogP contribution in [0.25, 0.3) is 11.0 Å². The highest BCUT2D eigenvalue weighted by molar-refractivity contribution is 14.1. The van der Waals surface area contributed by atoms with Crippen LogP contribution in [0.5, 0.6) is 0 Å². The summed E-state index contributed by atoms with van der Waals surface area (Å²) in [4.78, 5) is 0. The summed E-state index contributed by atoms with van der Waals surface area (Å²) in [6.07, 6.45) is 1.82. The average Bonchev–Trinajstić information content (AvgIpc) is 2.80. The van der Waals surface area contributed by atoms with Crippen molar-refractivity contribution in [2.45, 2.75) is 6.54 Å². The number of hydrogen-bond donors (Lipinski definition) is 1. The van der Waals surface area contributed by atoms with Crippen LogP contribution in [0.3, 0.4) is 0 Å². The molecule has 2 aromatic carbocycles. The van der Waals surface area contributed by atoms with Crippen LogP contribution in [0, 0.1) is 3.57 Å². The van der Waals surface area contributed by atoms with Crippen LogP contribution in [-0.4, -0.2) is 0 Å². The van der Waals surface area contributed by atoms with E-state index in [1.165, 1.54) is 14.5 Å². The standard InChI is InChI=1S/C15H12INO/c16-12-4-3-5-13(8-12)17-9-11-10-18-15-7-2-1-6-14(11)15/h1-8,10,17H,9H2. The van der Waals surface area contributed by atoms with E-state index in [0.29, 0.717) is 0 Å². The van der Waals surface area contributed by atoms with Crippen molar-refractivity contribution >= 4 is 39.2 Å². The molecule has 1 aromatic heterocycles. The fourth-order valence-electron chi connectivity index (χ4n) is 1.97. The summed E-state index contributed by atoms with van der Waals surface area (Å²) in [6, 6.07) is 16.4. The molecule has 0 radical (unpaired) electrons. The van der Waals surface area contributed by atoms with Gasteiger partial charge in [0.15, 0.2) is 0 Å². The van der Waals surface area contributed by atoms with E-state index in [1.807, 2.05) is 24.5 Å². The van der Waals surface area contributed by atoms with Gasteiger partial charge in [-0.3, -0.25) is 0 Å². The number of para-hydroxylation sites is 1. The lowest BCUT2D eigenvalue weighted by molar-refractivity contribution is 0.611. The molecular formula is C15H12INO. The molecule has 0 bridgehead atoms. The van der Waals surface area contributed by atoms with Crippen LogP contribution in [-0.2, 0) is 6.54 Å². The lowest BCUT2D eigenvalue weighted by Gasteiger charge is -2.05. The van der Waals surface area contributed by atoms with Crippen LogP contribution in [0.15, 0.2) is 59.2 Å². The zero-order chi connectivity index (χ0) is 12.4. The zero-order valence-electron chi connectivity index (χ0n) is 9.69. The van der Waals surface area contributed by atoms with Gasteiger partial charge in [-0.1, -0.05) is 24.3 Å². The lowest BCUT2D eigenvalue weighted by atomic mass is 10.2. The Kier molecular flexibility index (Phi) is 3.23. The van der Waals surface area contributed by atoms with Crippen LogP contribution >= 0.6 is 22.6 Å².